The normalized spacial score (nSPS) is 14.9. The zero-order valence-corrected chi connectivity index (χ0v) is 16.5. The molecule has 5 heteroatoms. The number of aromatic nitrogens is 1. The van der Waals surface area contributed by atoms with E-state index in [0.29, 0.717) is 0 Å². The van der Waals surface area contributed by atoms with E-state index in [-0.39, 0.29) is 0 Å². The smallest absolute Gasteiger partial charge is 0.193 e. The Labute approximate surface area is 162 Å². The SMILES string of the molecule is CN=C(NCc1cccnc1N(C)C)N1CCC(=Cc2ccccc2)CC1. The number of aliphatic imine (C=N–C) groups is 1. The lowest BCUT2D eigenvalue weighted by molar-refractivity contribution is 0.375. The van der Waals surface area contributed by atoms with Gasteiger partial charge in [0.2, 0.25) is 0 Å². The Hall–Kier alpha value is -2.82. The van der Waals surface area contributed by atoms with Crippen LogP contribution in [0.25, 0.3) is 6.08 Å². The summed E-state index contributed by atoms with van der Waals surface area (Å²) in [5.41, 5.74) is 3.97. The molecule has 1 aliphatic heterocycles. The lowest BCUT2D eigenvalue weighted by atomic mass is 10.0. The lowest BCUT2D eigenvalue weighted by Crippen LogP contribution is -2.44. The van der Waals surface area contributed by atoms with E-state index in [1.165, 1.54) is 16.7 Å². The molecule has 2 aromatic rings. The minimum Gasteiger partial charge on any atom is -0.362 e. The van der Waals surface area contributed by atoms with Crippen molar-refractivity contribution in [2.45, 2.75) is 19.4 Å². The van der Waals surface area contributed by atoms with Crippen LogP contribution in [0, 0.1) is 0 Å². The monoisotopic (exact) mass is 363 g/mol. The van der Waals surface area contributed by atoms with Crippen LogP contribution in [0.1, 0.15) is 24.0 Å². The maximum absolute atomic E-state index is 4.49. The third-order valence-corrected chi connectivity index (χ3v) is 4.82. The van der Waals surface area contributed by atoms with Crippen LogP contribution in [0.5, 0.6) is 0 Å². The van der Waals surface area contributed by atoms with Gasteiger partial charge in [-0.15, -0.1) is 0 Å². The van der Waals surface area contributed by atoms with E-state index in [2.05, 4.69) is 62.7 Å². The highest BCUT2D eigenvalue weighted by molar-refractivity contribution is 5.80. The minimum absolute atomic E-state index is 0.719. The molecule has 5 nitrogen and oxygen atoms in total. The maximum atomic E-state index is 4.49. The third-order valence-electron chi connectivity index (χ3n) is 4.82. The van der Waals surface area contributed by atoms with Gasteiger partial charge in [0, 0.05) is 52.5 Å². The number of pyridine rings is 1. The quantitative estimate of drug-likeness (QED) is 0.668. The molecule has 2 heterocycles. The van der Waals surface area contributed by atoms with Crippen molar-refractivity contribution in [3.63, 3.8) is 0 Å². The van der Waals surface area contributed by atoms with E-state index in [1.54, 1.807) is 0 Å². The number of piperidine rings is 1. The van der Waals surface area contributed by atoms with Gasteiger partial charge in [0.25, 0.3) is 0 Å². The van der Waals surface area contributed by atoms with Gasteiger partial charge in [-0.25, -0.2) is 4.98 Å². The first-order valence-corrected chi connectivity index (χ1v) is 9.48. The standard InChI is InChI=1S/C22H29N5/c1-23-22(25-17-20-10-7-13-24-21(20)26(2)3)27-14-11-19(12-15-27)16-18-8-5-4-6-9-18/h4-10,13,16H,11-12,14-15,17H2,1-3H3,(H,23,25). The molecule has 0 radical (unpaired) electrons. The molecule has 1 aromatic heterocycles. The van der Waals surface area contributed by atoms with Crippen LogP contribution in [0.15, 0.2) is 59.2 Å². The van der Waals surface area contributed by atoms with E-state index in [0.717, 1.165) is 44.3 Å². The van der Waals surface area contributed by atoms with Gasteiger partial charge in [-0.2, -0.15) is 0 Å². The fraction of sp³-hybridized carbons (Fsp3) is 0.364. The van der Waals surface area contributed by atoms with Crippen molar-refractivity contribution in [1.29, 1.82) is 0 Å². The fourth-order valence-corrected chi connectivity index (χ4v) is 3.41. The molecule has 1 saturated heterocycles. The molecule has 0 amide bonds. The van der Waals surface area contributed by atoms with E-state index in [1.807, 2.05) is 38.3 Å². The molecule has 0 bridgehead atoms. The lowest BCUT2D eigenvalue weighted by Gasteiger charge is -2.31. The Kier molecular flexibility index (Phi) is 6.47. The Morgan fingerprint density at radius 1 is 1.15 bits per heavy atom. The van der Waals surface area contributed by atoms with Gasteiger partial charge < -0.3 is 15.1 Å². The van der Waals surface area contributed by atoms with Gasteiger partial charge in [0.15, 0.2) is 5.96 Å². The predicted molar refractivity (Wildman–Crippen MR) is 114 cm³/mol. The van der Waals surface area contributed by atoms with Gasteiger partial charge in [-0.3, -0.25) is 4.99 Å². The Morgan fingerprint density at radius 2 is 1.89 bits per heavy atom. The second kappa shape index (κ2) is 9.21. The highest BCUT2D eigenvalue weighted by Crippen LogP contribution is 2.20. The number of anilines is 1. The summed E-state index contributed by atoms with van der Waals surface area (Å²) in [5, 5.41) is 3.51. The Balaban J connectivity index is 1.58. The average Bonchev–Trinajstić information content (AvgIpc) is 2.70. The summed E-state index contributed by atoms with van der Waals surface area (Å²) in [4.78, 5) is 13.3. The molecular formula is C22H29N5. The number of likely N-dealkylation sites (tertiary alicyclic amines) is 1. The largest absolute Gasteiger partial charge is 0.362 e. The van der Waals surface area contributed by atoms with E-state index < -0.39 is 0 Å². The summed E-state index contributed by atoms with van der Waals surface area (Å²) in [7, 11) is 5.89. The molecule has 142 valence electrons. The Morgan fingerprint density at radius 3 is 2.56 bits per heavy atom. The summed E-state index contributed by atoms with van der Waals surface area (Å²) >= 11 is 0. The zero-order chi connectivity index (χ0) is 19.1. The van der Waals surface area contributed by atoms with Crippen molar-refractivity contribution in [2.24, 2.45) is 4.99 Å². The highest BCUT2D eigenvalue weighted by Gasteiger charge is 2.17. The number of benzene rings is 1. The molecule has 3 rings (SSSR count). The van der Waals surface area contributed by atoms with E-state index in [4.69, 9.17) is 0 Å². The van der Waals surface area contributed by atoms with Gasteiger partial charge >= 0.3 is 0 Å². The van der Waals surface area contributed by atoms with Crippen molar-refractivity contribution >= 4 is 17.9 Å². The van der Waals surface area contributed by atoms with Crippen LogP contribution in [-0.2, 0) is 6.54 Å². The topological polar surface area (TPSA) is 43.8 Å². The van der Waals surface area contributed by atoms with Crippen molar-refractivity contribution in [3.05, 3.63) is 65.4 Å². The Bertz CT molecular complexity index is 785. The first kappa shape index (κ1) is 19.0. The fourth-order valence-electron chi connectivity index (χ4n) is 3.41. The first-order chi connectivity index (χ1) is 13.2. The van der Waals surface area contributed by atoms with Crippen molar-refractivity contribution in [1.82, 2.24) is 15.2 Å². The van der Waals surface area contributed by atoms with Crippen LogP contribution < -0.4 is 10.2 Å². The van der Waals surface area contributed by atoms with Crippen LogP contribution in [-0.4, -0.2) is 50.1 Å². The predicted octanol–water partition coefficient (Wildman–Crippen LogP) is 3.40. The minimum atomic E-state index is 0.719. The van der Waals surface area contributed by atoms with Crippen LogP contribution in [0.2, 0.25) is 0 Å². The van der Waals surface area contributed by atoms with Crippen molar-refractivity contribution in [3.8, 4) is 0 Å². The average molecular weight is 364 g/mol. The number of hydrogen-bond acceptors (Lipinski definition) is 3. The van der Waals surface area contributed by atoms with Crippen molar-refractivity contribution in [2.75, 3.05) is 39.1 Å². The van der Waals surface area contributed by atoms with Gasteiger partial charge in [0.05, 0.1) is 0 Å². The molecule has 0 spiro atoms. The molecule has 0 atom stereocenters. The second-order valence-corrected chi connectivity index (χ2v) is 6.98. The number of guanidine groups is 1. The molecular weight excluding hydrogens is 334 g/mol. The molecule has 1 N–H and O–H groups in total. The third kappa shape index (κ3) is 5.09. The molecule has 27 heavy (non-hydrogen) atoms. The summed E-state index contributed by atoms with van der Waals surface area (Å²) in [6.07, 6.45) is 6.31. The zero-order valence-electron chi connectivity index (χ0n) is 16.5. The van der Waals surface area contributed by atoms with Crippen LogP contribution in [0.3, 0.4) is 0 Å². The number of hydrogen-bond donors (Lipinski definition) is 1. The number of nitrogens with zero attached hydrogens (tertiary/aromatic N) is 4. The molecule has 0 saturated carbocycles. The molecule has 0 aliphatic carbocycles. The highest BCUT2D eigenvalue weighted by atomic mass is 15.3. The second-order valence-electron chi connectivity index (χ2n) is 6.98. The first-order valence-electron chi connectivity index (χ1n) is 9.48. The summed E-state index contributed by atoms with van der Waals surface area (Å²) in [6, 6.07) is 14.7. The van der Waals surface area contributed by atoms with E-state index >= 15 is 0 Å². The number of rotatable bonds is 4. The van der Waals surface area contributed by atoms with Gasteiger partial charge in [-0.05, 0) is 24.5 Å². The van der Waals surface area contributed by atoms with Crippen molar-refractivity contribution < 1.29 is 0 Å². The molecule has 0 unspecified atom stereocenters. The molecule has 1 fully saturated rings. The van der Waals surface area contributed by atoms with Gasteiger partial charge in [0.1, 0.15) is 5.82 Å². The van der Waals surface area contributed by atoms with Crippen LogP contribution in [0.4, 0.5) is 5.82 Å². The molecule has 1 aliphatic rings. The number of nitrogens with one attached hydrogen (secondary N) is 1. The van der Waals surface area contributed by atoms with E-state index in [9.17, 15) is 0 Å². The van der Waals surface area contributed by atoms with Crippen LogP contribution >= 0.6 is 0 Å². The summed E-state index contributed by atoms with van der Waals surface area (Å²) < 4.78 is 0. The summed E-state index contributed by atoms with van der Waals surface area (Å²) in [5.74, 6) is 1.95. The summed E-state index contributed by atoms with van der Waals surface area (Å²) in [6.45, 7) is 2.70. The molecule has 1 aromatic carbocycles. The van der Waals surface area contributed by atoms with Gasteiger partial charge in [-0.1, -0.05) is 48.0 Å². The maximum Gasteiger partial charge on any atom is 0.193 e.